The number of Topliss-reactive ketones (excluding diaryl/α,β-unsaturated/α-hetero) is 1. The third kappa shape index (κ3) is 5.44. The molecule has 0 radical (unpaired) electrons. The SMILES string of the molecule is CCCCOc1ccc(C2C(=C(O)c3ccc4c(c3)CC(C)O4)C(=O)C(=O)N2CCCOC)cc1OC. The molecule has 0 spiro atoms. The maximum Gasteiger partial charge on any atom is 0.295 e. The standard InChI is InChI=1S/C29H35NO7/c1-5-6-14-36-23-11-8-19(17-24(23)35-4)26-25(28(32)29(33)30(26)12-7-13-34-3)27(31)20-9-10-22-21(16-20)15-18(2)37-22/h8-11,16-18,26,31H,5-7,12-15H2,1-4H3. The topological polar surface area (TPSA) is 94.5 Å². The summed E-state index contributed by atoms with van der Waals surface area (Å²) in [5.41, 5.74) is 2.13. The second kappa shape index (κ2) is 11.7. The number of methoxy groups -OCH3 is 2. The number of benzene rings is 2. The molecule has 2 aromatic carbocycles. The zero-order chi connectivity index (χ0) is 26.5. The number of fused-ring (bicyclic) bond motifs is 1. The van der Waals surface area contributed by atoms with Crippen LogP contribution in [0.5, 0.6) is 17.2 Å². The molecule has 2 aliphatic heterocycles. The first-order chi connectivity index (χ1) is 17.9. The number of rotatable bonds is 11. The predicted octanol–water partition coefficient (Wildman–Crippen LogP) is 4.66. The minimum absolute atomic E-state index is 0.0456. The molecule has 8 heteroatoms. The van der Waals surface area contributed by atoms with Crippen LogP contribution in [0.25, 0.3) is 5.76 Å². The van der Waals surface area contributed by atoms with Crippen molar-refractivity contribution in [1.82, 2.24) is 4.90 Å². The third-order valence-electron chi connectivity index (χ3n) is 6.72. The van der Waals surface area contributed by atoms with Crippen LogP contribution >= 0.6 is 0 Å². The van der Waals surface area contributed by atoms with Crippen molar-refractivity contribution in [2.24, 2.45) is 0 Å². The van der Waals surface area contributed by atoms with Crippen LogP contribution in [-0.2, 0) is 20.7 Å². The number of carbonyl (C=O) groups is 2. The van der Waals surface area contributed by atoms with Gasteiger partial charge in [-0.1, -0.05) is 19.4 Å². The number of likely N-dealkylation sites (tertiary alicyclic amines) is 1. The minimum atomic E-state index is -0.779. The van der Waals surface area contributed by atoms with Crippen LogP contribution in [0.1, 0.15) is 55.8 Å². The van der Waals surface area contributed by atoms with E-state index >= 15 is 0 Å². The van der Waals surface area contributed by atoms with E-state index in [0.29, 0.717) is 55.2 Å². The number of ketones is 1. The molecule has 0 aromatic heterocycles. The van der Waals surface area contributed by atoms with Gasteiger partial charge in [-0.15, -0.1) is 0 Å². The molecule has 0 aliphatic carbocycles. The number of amides is 1. The molecule has 4 rings (SSSR count). The Morgan fingerprint density at radius 2 is 1.89 bits per heavy atom. The third-order valence-corrected chi connectivity index (χ3v) is 6.72. The summed E-state index contributed by atoms with van der Waals surface area (Å²) in [6.07, 6.45) is 3.22. The largest absolute Gasteiger partial charge is 0.507 e. The summed E-state index contributed by atoms with van der Waals surface area (Å²) >= 11 is 0. The smallest absolute Gasteiger partial charge is 0.295 e. The number of hydrogen-bond acceptors (Lipinski definition) is 7. The highest BCUT2D eigenvalue weighted by molar-refractivity contribution is 6.46. The van der Waals surface area contributed by atoms with Crippen molar-refractivity contribution in [2.75, 3.05) is 34.0 Å². The van der Waals surface area contributed by atoms with Gasteiger partial charge in [0.1, 0.15) is 17.6 Å². The molecule has 2 atom stereocenters. The van der Waals surface area contributed by atoms with Gasteiger partial charge in [0, 0.05) is 32.2 Å². The molecular formula is C29H35NO7. The molecule has 1 N–H and O–H groups in total. The lowest BCUT2D eigenvalue weighted by Crippen LogP contribution is -2.31. The number of unbranched alkanes of at least 4 members (excludes halogenated alkanes) is 1. The lowest BCUT2D eigenvalue weighted by atomic mass is 9.94. The minimum Gasteiger partial charge on any atom is -0.507 e. The van der Waals surface area contributed by atoms with Crippen molar-refractivity contribution in [3.8, 4) is 17.2 Å². The summed E-state index contributed by atoms with van der Waals surface area (Å²) in [5.74, 6) is 0.282. The number of nitrogens with zero attached hydrogens (tertiary/aromatic N) is 1. The van der Waals surface area contributed by atoms with Gasteiger partial charge in [-0.3, -0.25) is 9.59 Å². The van der Waals surface area contributed by atoms with E-state index in [1.165, 1.54) is 4.90 Å². The molecule has 2 aromatic rings. The summed E-state index contributed by atoms with van der Waals surface area (Å²) in [6, 6.07) is 9.93. The Labute approximate surface area is 217 Å². The van der Waals surface area contributed by atoms with Crippen molar-refractivity contribution in [3.05, 3.63) is 58.7 Å². The number of aliphatic hydroxyl groups excluding tert-OH is 1. The van der Waals surface area contributed by atoms with Gasteiger partial charge in [-0.25, -0.2) is 0 Å². The van der Waals surface area contributed by atoms with Crippen molar-refractivity contribution < 1.29 is 33.6 Å². The molecule has 37 heavy (non-hydrogen) atoms. The molecular weight excluding hydrogens is 474 g/mol. The van der Waals surface area contributed by atoms with E-state index in [0.717, 1.165) is 24.2 Å². The molecule has 1 fully saturated rings. The first kappa shape index (κ1) is 26.5. The molecule has 8 nitrogen and oxygen atoms in total. The Morgan fingerprint density at radius 1 is 1.08 bits per heavy atom. The lowest BCUT2D eigenvalue weighted by molar-refractivity contribution is -0.140. The van der Waals surface area contributed by atoms with Gasteiger partial charge in [0.05, 0.1) is 25.3 Å². The van der Waals surface area contributed by atoms with E-state index < -0.39 is 17.7 Å². The Morgan fingerprint density at radius 3 is 2.62 bits per heavy atom. The van der Waals surface area contributed by atoms with Gasteiger partial charge in [-0.05, 0) is 61.2 Å². The van der Waals surface area contributed by atoms with Gasteiger partial charge >= 0.3 is 0 Å². The second-order valence-corrected chi connectivity index (χ2v) is 9.41. The van der Waals surface area contributed by atoms with Crippen LogP contribution in [0.4, 0.5) is 0 Å². The van der Waals surface area contributed by atoms with E-state index in [1.807, 2.05) is 19.1 Å². The molecule has 2 unspecified atom stereocenters. The van der Waals surface area contributed by atoms with E-state index in [1.54, 1.807) is 38.5 Å². The average Bonchev–Trinajstić information content (AvgIpc) is 3.39. The highest BCUT2D eigenvalue weighted by atomic mass is 16.5. The predicted molar refractivity (Wildman–Crippen MR) is 139 cm³/mol. The zero-order valence-electron chi connectivity index (χ0n) is 21.9. The number of aliphatic hydroxyl groups is 1. The van der Waals surface area contributed by atoms with E-state index in [2.05, 4.69) is 6.92 Å². The second-order valence-electron chi connectivity index (χ2n) is 9.41. The first-order valence-electron chi connectivity index (χ1n) is 12.8. The number of ether oxygens (including phenoxy) is 4. The van der Waals surface area contributed by atoms with Crippen LogP contribution in [-0.4, -0.2) is 61.8 Å². The lowest BCUT2D eigenvalue weighted by Gasteiger charge is -2.26. The maximum absolute atomic E-state index is 13.3. The summed E-state index contributed by atoms with van der Waals surface area (Å²) in [6.45, 7) is 5.36. The average molecular weight is 510 g/mol. The summed E-state index contributed by atoms with van der Waals surface area (Å²) in [7, 11) is 3.14. The molecule has 198 valence electrons. The van der Waals surface area contributed by atoms with E-state index in [-0.39, 0.29) is 17.4 Å². The number of carbonyl (C=O) groups excluding carboxylic acids is 2. The molecule has 1 saturated heterocycles. The molecule has 2 heterocycles. The van der Waals surface area contributed by atoms with Gasteiger partial charge in [0.15, 0.2) is 11.5 Å². The zero-order valence-corrected chi connectivity index (χ0v) is 21.9. The fourth-order valence-corrected chi connectivity index (χ4v) is 4.86. The quantitative estimate of drug-likeness (QED) is 0.204. The fraction of sp³-hybridized carbons (Fsp3) is 0.448. The van der Waals surface area contributed by atoms with Crippen LogP contribution < -0.4 is 14.2 Å². The maximum atomic E-state index is 13.3. The molecule has 1 amide bonds. The van der Waals surface area contributed by atoms with Gasteiger partial charge in [0.25, 0.3) is 11.7 Å². The normalized spacial score (nSPS) is 20.2. The molecule has 2 aliphatic rings. The summed E-state index contributed by atoms with van der Waals surface area (Å²) in [4.78, 5) is 28.0. The van der Waals surface area contributed by atoms with E-state index in [4.69, 9.17) is 18.9 Å². The van der Waals surface area contributed by atoms with Crippen LogP contribution in [0.3, 0.4) is 0 Å². The summed E-state index contributed by atoms with van der Waals surface area (Å²) in [5, 5.41) is 11.4. The van der Waals surface area contributed by atoms with Gasteiger partial charge < -0.3 is 29.0 Å². The Kier molecular flexibility index (Phi) is 8.38. The van der Waals surface area contributed by atoms with Gasteiger partial charge in [0.2, 0.25) is 0 Å². The van der Waals surface area contributed by atoms with Crippen LogP contribution in [0.2, 0.25) is 0 Å². The Bertz CT molecular complexity index is 1190. The van der Waals surface area contributed by atoms with Crippen molar-refractivity contribution >= 4 is 17.4 Å². The first-order valence-corrected chi connectivity index (χ1v) is 12.8. The molecule has 0 saturated carbocycles. The molecule has 0 bridgehead atoms. The van der Waals surface area contributed by atoms with Gasteiger partial charge in [-0.2, -0.15) is 0 Å². The van der Waals surface area contributed by atoms with Crippen LogP contribution in [0, 0.1) is 0 Å². The highest BCUT2D eigenvalue weighted by Gasteiger charge is 2.46. The fourth-order valence-electron chi connectivity index (χ4n) is 4.86. The number of hydrogen-bond donors (Lipinski definition) is 1. The van der Waals surface area contributed by atoms with Crippen molar-refractivity contribution in [1.29, 1.82) is 0 Å². The van der Waals surface area contributed by atoms with Crippen molar-refractivity contribution in [3.63, 3.8) is 0 Å². The summed E-state index contributed by atoms with van der Waals surface area (Å²) < 4.78 is 22.4. The Balaban J connectivity index is 1.78. The Hall–Kier alpha value is -3.52. The van der Waals surface area contributed by atoms with Crippen LogP contribution in [0.15, 0.2) is 42.0 Å². The van der Waals surface area contributed by atoms with E-state index in [9.17, 15) is 14.7 Å². The van der Waals surface area contributed by atoms with Crippen molar-refractivity contribution in [2.45, 2.75) is 51.7 Å². The highest BCUT2D eigenvalue weighted by Crippen LogP contribution is 2.42. The monoisotopic (exact) mass is 509 g/mol.